The minimum atomic E-state index is -3.43. The molecular formula is C17H28N2O2S. The van der Waals surface area contributed by atoms with E-state index in [1.165, 1.54) is 12.8 Å². The van der Waals surface area contributed by atoms with Crippen molar-refractivity contribution in [3.05, 3.63) is 28.8 Å². The van der Waals surface area contributed by atoms with Gasteiger partial charge >= 0.3 is 0 Å². The molecule has 1 fully saturated rings. The third-order valence-corrected chi connectivity index (χ3v) is 6.10. The summed E-state index contributed by atoms with van der Waals surface area (Å²) < 4.78 is 27.9. The van der Waals surface area contributed by atoms with Gasteiger partial charge in [0, 0.05) is 19.6 Å². The van der Waals surface area contributed by atoms with Gasteiger partial charge in [-0.3, -0.25) is 0 Å². The standard InChI is InChI=1S/C17H28N2O2S/c1-13-6-5-8-19(12-13)9-7-18-22(20,21)17-15(3)10-14(2)11-16(17)4/h10-11,13,18H,5-9,12H2,1-4H3/t13-/m0/s1. The van der Waals surface area contributed by atoms with Crippen molar-refractivity contribution in [1.29, 1.82) is 0 Å². The zero-order valence-electron chi connectivity index (χ0n) is 14.1. The molecule has 4 nitrogen and oxygen atoms in total. The first kappa shape index (κ1) is 17.4. The van der Waals surface area contributed by atoms with Crippen LogP contribution in [0, 0.1) is 26.7 Å². The number of nitrogens with zero attached hydrogens (tertiary/aromatic N) is 1. The van der Waals surface area contributed by atoms with E-state index in [2.05, 4.69) is 16.5 Å². The maximum Gasteiger partial charge on any atom is 0.241 e. The Morgan fingerprint density at radius 2 is 1.86 bits per heavy atom. The Morgan fingerprint density at radius 1 is 1.23 bits per heavy atom. The first-order chi connectivity index (χ1) is 10.3. The third-order valence-electron chi connectivity index (χ3n) is 4.33. The highest BCUT2D eigenvalue weighted by Crippen LogP contribution is 2.21. The second kappa shape index (κ2) is 7.11. The fourth-order valence-electron chi connectivity index (χ4n) is 3.49. The van der Waals surface area contributed by atoms with Gasteiger partial charge in [0.05, 0.1) is 4.90 Å². The van der Waals surface area contributed by atoms with Crippen LogP contribution >= 0.6 is 0 Å². The number of rotatable bonds is 5. The van der Waals surface area contributed by atoms with E-state index < -0.39 is 10.0 Å². The summed E-state index contributed by atoms with van der Waals surface area (Å²) in [4.78, 5) is 2.79. The van der Waals surface area contributed by atoms with E-state index in [9.17, 15) is 8.42 Å². The molecule has 2 rings (SSSR count). The van der Waals surface area contributed by atoms with Crippen molar-refractivity contribution in [2.45, 2.75) is 45.4 Å². The molecule has 0 saturated carbocycles. The molecule has 0 radical (unpaired) electrons. The summed E-state index contributed by atoms with van der Waals surface area (Å²) in [5.41, 5.74) is 2.73. The molecule has 1 aromatic rings. The van der Waals surface area contributed by atoms with Gasteiger partial charge in [0.25, 0.3) is 0 Å². The smallest absolute Gasteiger partial charge is 0.241 e. The van der Waals surface area contributed by atoms with Crippen LogP contribution < -0.4 is 4.72 Å². The molecule has 124 valence electrons. The van der Waals surface area contributed by atoms with Crippen molar-refractivity contribution in [3.8, 4) is 0 Å². The first-order valence-electron chi connectivity index (χ1n) is 8.09. The summed E-state index contributed by atoms with van der Waals surface area (Å²) in [5, 5.41) is 0. The van der Waals surface area contributed by atoms with E-state index in [4.69, 9.17) is 0 Å². The van der Waals surface area contributed by atoms with E-state index in [1.54, 1.807) is 0 Å². The Labute approximate surface area is 135 Å². The number of hydrogen-bond acceptors (Lipinski definition) is 3. The van der Waals surface area contributed by atoms with E-state index in [-0.39, 0.29) is 0 Å². The molecule has 0 amide bonds. The van der Waals surface area contributed by atoms with Gasteiger partial charge in [-0.15, -0.1) is 0 Å². The quantitative estimate of drug-likeness (QED) is 0.906. The Kier molecular flexibility index (Phi) is 5.64. The Morgan fingerprint density at radius 3 is 2.45 bits per heavy atom. The summed E-state index contributed by atoms with van der Waals surface area (Å²) in [6.07, 6.45) is 2.49. The van der Waals surface area contributed by atoms with E-state index in [0.717, 1.165) is 36.3 Å². The number of piperidine rings is 1. The average molecular weight is 324 g/mol. The molecule has 22 heavy (non-hydrogen) atoms. The molecule has 1 aliphatic rings. The van der Waals surface area contributed by atoms with Gasteiger partial charge in [-0.25, -0.2) is 13.1 Å². The molecule has 5 heteroatoms. The van der Waals surface area contributed by atoms with Gasteiger partial charge in [0.2, 0.25) is 10.0 Å². The second-order valence-electron chi connectivity index (χ2n) is 6.67. The Bertz CT molecular complexity index is 603. The molecule has 0 aliphatic carbocycles. The van der Waals surface area contributed by atoms with Crippen LogP contribution in [0.2, 0.25) is 0 Å². The summed E-state index contributed by atoms with van der Waals surface area (Å²) >= 11 is 0. The Balaban J connectivity index is 2.00. The maximum absolute atomic E-state index is 12.6. The molecule has 1 heterocycles. The topological polar surface area (TPSA) is 49.4 Å². The minimum Gasteiger partial charge on any atom is -0.302 e. The van der Waals surface area contributed by atoms with Crippen LogP contribution in [-0.4, -0.2) is 39.5 Å². The monoisotopic (exact) mass is 324 g/mol. The molecule has 1 saturated heterocycles. The zero-order valence-corrected chi connectivity index (χ0v) is 15.0. The predicted molar refractivity (Wildman–Crippen MR) is 90.7 cm³/mol. The van der Waals surface area contributed by atoms with Crippen molar-refractivity contribution >= 4 is 10.0 Å². The molecule has 1 aliphatic heterocycles. The van der Waals surface area contributed by atoms with Crippen LogP contribution in [0.4, 0.5) is 0 Å². The van der Waals surface area contributed by atoms with Gasteiger partial charge in [-0.2, -0.15) is 0 Å². The second-order valence-corrected chi connectivity index (χ2v) is 8.38. The third kappa shape index (κ3) is 4.31. The zero-order chi connectivity index (χ0) is 16.3. The lowest BCUT2D eigenvalue weighted by atomic mass is 10.0. The maximum atomic E-state index is 12.6. The van der Waals surface area contributed by atoms with Crippen LogP contribution in [0.5, 0.6) is 0 Å². The molecule has 0 bridgehead atoms. The van der Waals surface area contributed by atoms with Gasteiger partial charge in [0.15, 0.2) is 0 Å². The Hall–Kier alpha value is -0.910. The largest absolute Gasteiger partial charge is 0.302 e. The number of hydrogen-bond donors (Lipinski definition) is 1. The number of aryl methyl sites for hydroxylation is 3. The highest BCUT2D eigenvalue weighted by atomic mass is 32.2. The summed E-state index contributed by atoms with van der Waals surface area (Å²) in [7, 11) is -3.43. The number of sulfonamides is 1. The lowest BCUT2D eigenvalue weighted by Crippen LogP contribution is -2.40. The number of likely N-dealkylation sites (tertiary alicyclic amines) is 1. The summed E-state index contributed by atoms with van der Waals surface area (Å²) in [6.45, 7) is 11.4. The van der Waals surface area contributed by atoms with Crippen LogP contribution in [0.3, 0.4) is 0 Å². The van der Waals surface area contributed by atoms with Crippen LogP contribution in [0.1, 0.15) is 36.5 Å². The van der Waals surface area contributed by atoms with Crippen LogP contribution in [0.25, 0.3) is 0 Å². The molecule has 1 N–H and O–H groups in total. The average Bonchev–Trinajstić information content (AvgIpc) is 2.36. The lowest BCUT2D eigenvalue weighted by Gasteiger charge is -2.30. The van der Waals surface area contributed by atoms with Gasteiger partial charge in [0.1, 0.15) is 0 Å². The first-order valence-corrected chi connectivity index (χ1v) is 9.58. The number of benzene rings is 1. The van der Waals surface area contributed by atoms with Crippen LogP contribution in [0.15, 0.2) is 17.0 Å². The van der Waals surface area contributed by atoms with Gasteiger partial charge < -0.3 is 4.90 Å². The summed E-state index contributed by atoms with van der Waals surface area (Å²) in [6, 6.07) is 3.85. The molecular weight excluding hydrogens is 296 g/mol. The lowest BCUT2D eigenvalue weighted by molar-refractivity contribution is 0.187. The van der Waals surface area contributed by atoms with E-state index in [0.29, 0.717) is 17.4 Å². The van der Waals surface area contributed by atoms with Gasteiger partial charge in [-0.1, -0.05) is 24.6 Å². The highest BCUT2D eigenvalue weighted by molar-refractivity contribution is 7.89. The molecule has 1 aromatic carbocycles. The molecule has 0 aromatic heterocycles. The van der Waals surface area contributed by atoms with Gasteiger partial charge in [-0.05, 0) is 57.2 Å². The molecule has 1 atom stereocenters. The van der Waals surface area contributed by atoms with Crippen molar-refractivity contribution in [3.63, 3.8) is 0 Å². The molecule has 0 unspecified atom stereocenters. The van der Waals surface area contributed by atoms with Crippen LogP contribution in [-0.2, 0) is 10.0 Å². The fraction of sp³-hybridized carbons (Fsp3) is 0.647. The molecule has 0 spiro atoms. The predicted octanol–water partition coefficient (Wildman–Crippen LogP) is 2.62. The summed E-state index contributed by atoms with van der Waals surface area (Å²) in [5.74, 6) is 0.715. The fourth-order valence-corrected chi connectivity index (χ4v) is 4.96. The minimum absolute atomic E-state index is 0.435. The van der Waals surface area contributed by atoms with E-state index >= 15 is 0 Å². The van der Waals surface area contributed by atoms with Crippen molar-refractivity contribution in [2.75, 3.05) is 26.2 Å². The highest BCUT2D eigenvalue weighted by Gasteiger charge is 2.21. The SMILES string of the molecule is Cc1cc(C)c(S(=O)(=O)NCCN2CCC[C@H](C)C2)c(C)c1. The van der Waals surface area contributed by atoms with Crippen molar-refractivity contribution in [1.82, 2.24) is 9.62 Å². The van der Waals surface area contributed by atoms with Crippen molar-refractivity contribution < 1.29 is 8.42 Å². The number of nitrogens with one attached hydrogen (secondary N) is 1. The van der Waals surface area contributed by atoms with Crippen molar-refractivity contribution in [2.24, 2.45) is 5.92 Å². The normalized spacial score (nSPS) is 20.3. The van der Waals surface area contributed by atoms with E-state index in [1.807, 2.05) is 32.9 Å².